The van der Waals surface area contributed by atoms with E-state index in [1.165, 1.54) is 18.2 Å². The summed E-state index contributed by atoms with van der Waals surface area (Å²) in [5.74, 6) is 0.328. The summed E-state index contributed by atoms with van der Waals surface area (Å²) in [6, 6.07) is 7.98. The summed E-state index contributed by atoms with van der Waals surface area (Å²) in [7, 11) is 1.54. The zero-order valence-corrected chi connectivity index (χ0v) is 18.0. The second-order valence-electron chi connectivity index (χ2n) is 8.11. The summed E-state index contributed by atoms with van der Waals surface area (Å²) in [6.45, 7) is 6.67. The van der Waals surface area contributed by atoms with Gasteiger partial charge in [-0.15, -0.1) is 0 Å². The topological polar surface area (TPSA) is 48.0 Å². The zero-order valence-electron chi connectivity index (χ0n) is 18.0. The molecular formula is C25H26FNO4. The van der Waals surface area contributed by atoms with Gasteiger partial charge in [0.1, 0.15) is 28.5 Å². The summed E-state index contributed by atoms with van der Waals surface area (Å²) in [4.78, 5) is 15.5. The molecule has 0 aliphatic carbocycles. The Labute approximate surface area is 181 Å². The standard InChI is InChI=1S/C25H26FNO4/c1-25(2)10-9-19-20(27-11-13-30-14-12-27)16-22(29-3)23(24(19)31-25)21(28)8-7-17-5-4-6-18(26)15-17/h4-10,15-16H,11-14H2,1-3H3/b8-7+. The fourth-order valence-corrected chi connectivity index (χ4v) is 3.81. The maximum absolute atomic E-state index is 13.5. The molecule has 6 heteroatoms. The monoisotopic (exact) mass is 423 g/mol. The number of carbonyl (C=O) groups excluding carboxylic acids is 1. The normalized spacial score (nSPS) is 17.4. The number of anilines is 1. The van der Waals surface area contributed by atoms with E-state index in [-0.39, 0.29) is 11.6 Å². The van der Waals surface area contributed by atoms with Gasteiger partial charge in [-0.25, -0.2) is 4.39 Å². The average molecular weight is 423 g/mol. The number of fused-ring (bicyclic) bond motifs is 1. The summed E-state index contributed by atoms with van der Waals surface area (Å²) >= 11 is 0. The van der Waals surface area contributed by atoms with Crippen LogP contribution < -0.4 is 14.4 Å². The van der Waals surface area contributed by atoms with Crippen LogP contribution in [0, 0.1) is 5.82 Å². The molecule has 2 aliphatic heterocycles. The van der Waals surface area contributed by atoms with E-state index in [0.717, 1.165) is 24.3 Å². The molecule has 31 heavy (non-hydrogen) atoms. The predicted molar refractivity (Wildman–Crippen MR) is 120 cm³/mol. The number of halogens is 1. The Morgan fingerprint density at radius 1 is 1.23 bits per heavy atom. The number of methoxy groups -OCH3 is 1. The number of carbonyl (C=O) groups is 1. The number of allylic oxidation sites excluding steroid dienone is 1. The Balaban J connectivity index is 1.80. The molecule has 0 aromatic heterocycles. The smallest absolute Gasteiger partial charge is 0.193 e. The van der Waals surface area contributed by atoms with Crippen molar-refractivity contribution in [1.82, 2.24) is 0 Å². The third-order valence-corrected chi connectivity index (χ3v) is 5.37. The number of morpholine rings is 1. The van der Waals surface area contributed by atoms with Crippen LogP contribution in [0.25, 0.3) is 12.2 Å². The number of ether oxygens (including phenoxy) is 3. The van der Waals surface area contributed by atoms with Gasteiger partial charge in [-0.1, -0.05) is 18.2 Å². The highest BCUT2D eigenvalue weighted by atomic mass is 19.1. The molecule has 2 aromatic rings. The van der Waals surface area contributed by atoms with Crippen molar-refractivity contribution in [2.75, 3.05) is 38.3 Å². The molecular weight excluding hydrogens is 397 g/mol. The van der Waals surface area contributed by atoms with Crippen molar-refractivity contribution in [3.05, 3.63) is 65.0 Å². The highest BCUT2D eigenvalue weighted by Crippen LogP contribution is 2.45. The van der Waals surface area contributed by atoms with Crippen LogP contribution in [-0.2, 0) is 4.74 Å². The molecule has 0 saturated carbocycles. The second kappa shape index (κ2) is 8.55. The highest BCUT2D eigenvalue weighted by Gasteiger charge is 2.32. The van der Waals surface area contributed by atoms with Gasteiger partial charge in [0.05, 0.1) is 26.0 Å². The molecule has 0 N–H and O–H groups in total. The van der Waals surface area contributed by atoms with Crippen molar-refractivity contribution in [1.29, 1.82) is 0 Å². The molecule has 0 bridgehead atoms. The fourth-order valence-electron chi connectivity index (χ4n) is 3.81. The number of rotatable bonds is 5. The van der Waals surface area contributed by atoms with Crippen molar-refractivity contribution in [3.63, 3.8) is 0 Å². The van der Waals surface area contributed by atoms with E-state index < -0.39 is 5.60 Å². The number of nitrogens with zero attached hydrogens (tertiary/aromatic N) is 1. The Bertz CT molecular complexity index is 1050. The summed E-state index contributed by atoms with van der Waals surface area (Å²) in [6.07, 6.45) is 7.02. The number of hydrogen-bond acceptors (Lipinski definition) is 5. The van der Waals surface area contributed by atoms with Gasteiger partial charge in [-0.2, -0.15) is 0 Å². The van der Waals surface area contributed by atoms with Crippen molar-refractivity contribution in [2.45, 2.75) is 19.4 Å². The minimum atomic E-state index is -0.567. The number of ketones is 1. The van der Waals surface area contributed by atoms with Crippen LogP contribution in [0.1, 0.15) is 35.3 Å². The first-order chi connectivity index (χ1) is 14.9. The lowest BCUT2D eigenvalue weighted by Crippen LogP contribution is -2.37. The molecule has 2 aromatic carbocycles. The Hall–Kier alpha value is -3.12. The van der Waals surface area contributed by atoms with Gasteiger partial charge in [0.2, 0.25) is 0 Å². The lowest BCUT2D eigenvalue weighted by Gasteiger charge is -2.35. The van der Waals surface area contributed by atoms with Gasteiger partial charge in [0.25, 0.3) is 0 Å². The van der Waals surface area contributed by atoms with E-state index in [1.807, 2.05) is 32.1 Å². The average Bonchev–Trinajstić information content (AvgIpc) is 2.76. The first kappa shape index (κ1) is 21.1. The summed E-state index contributed by atoms with van der Waals surface area (Å²) in [5, 5.41) is 0. The van der Waals surface area contributed by atoms with Crippen LogP contribution in [0.4, 0.5) is 10.1 Å². The van der Waals surface area contributed by atoms with E-state index in [1.54, 1.807) is 25.3 Å². The number of hydrogen-bond donors (Lipinski definition) is 0. The van der Waals surface area contributed by atoms with E-state index in [0.29, 0.717) is 35.8 Å². The molecule has 0 atom stereocenters. The minimum Gasteiger partial charge on any atom is -0.496 e. The third kappa shape index (κ3) is 4.49. The van der Waals surface area contributed by atoms with Gasteiger partial charge in [0, 0.05) is 24.7 Å². The molecule has 2 heterocycles. The van der Waals surface area contributed by atoms with E-state index in [9.17, 15) is 9.18 Å². The lowest BCUT2D eigenvalue weighted by molar-refractivity contribution is 0.103. The third-order valence-electron chi connectivity index (χ3n) is 5.37. The van der Waals surface area contributed by atoms with Crippen LogP contribution in [-0.4, -0.2) is 44.8 Å². The maximum Gasteiger partial charge on any atom is 0.193 e. The van der Waals surface area contributed by atoms with Crippen LogP contribution in [0.2, 0.25) is 0 Å². The van der Waals surface area contributed by atoms with Crippen LogP contribution in [0.5, 0.6) is 11.5 Å². The molecule has 0 amide bonds. The largest absolute Gasteiger partial charge is 0.496 e. The Morgan fingerprint density at radius 3 is 2.71 bits per heavy atom. The van der Waals surface area contributed by atoms with Crippen molar-refractivity contribution in [2.24, 2.45) is 0 Å². The van der Waals surface area contributed by atoms with Gasteiger partial charge in [-0.05, 0) is 49.8 Å². The van der Waals surface area contributed by atoms with Gasteiger partial charge in [-0.3, -0.25) is 4.79 Å². The van der Waals surface area contributed by atoms with Crippen molar-refractivity contribution < 1.29 is 23.4 Å². The lowest BCUT2D eigenvalue weighted by atomic mass is 9.95. The predicted octanol–water partition coefficient (Wildman–Crippen LogP) is 4.75. The van der Waals surface area contributed by atoms with E-state index in [4.69, 9.17) is 14.2 Å². The maximum atomic E-state index is 13.5. The molecule has 0 spiro atoms. The molecule has 4 rings (SSSR count). The SMILES string of the molecule is COc1cc(N2CCOCC2)c2c(c1C(=O)/C=C/c1cccc(F)c1)OC(C)(C)C=C2. The second-order valence-corrected chi connectivity index (χ2v) is 8.11. The highest BCUT2D eigenvalue weighted by molar-refractivity contribution is 6.12. The Kier molecular flexibility index (Phi) is 5.83. The van der Waals surface area contributed by atoms with Gasteiger partial charge < -0.3 is 19.1 Å². The molecule has 162 valence electrons. The van der Waals surface area contributed by atoms with Crippen molar-refractivity contribution >= 4 is 23.6 Å². The number of benzene rings is 2. The summed E-state index contributed by atoms with van der Waals surface area (Å²) in [5.41, 5.74) is 2.20. The first-order valence-corrected chi connectivity index (χ1v) is 10.3. The Morgan fingerprint density at radius 2 is 2.00 bits per heavy atom. The van der Waals surface area contributed by atoms with Crippen LogP contribution in [0.15, 0.2) is 42.5 Å². The van der Waals surface area contributed by atoms with Gasteiger partial charge in [0.15, 0.2) is 5.78 Å². The van der Waals surface area contributed by atoms with Crippen LogP contribution in [0.3, 0.4) is 0 Å². The van der Waals surface area contributed by atoms with Gasteiger partial charge >= 0.3 is 0 Å². The zero-order chi connectivity index (χ0) is 22.0. The summed E-state index contributed by atoms with van der Waals surface area (Å²) < 4.78 is 30.9. The minimum absolute atomic E-state index is 0.267. The van der Waals surface area contributed by atoms with E-state index in [2.05, 4.69) is 4.90 Å². The molecule has 0 unspecified atom stereocenters. The molecule has 5 nitrogen and oxygen atoms in total. The quantitative estimate of drug-likeness (QED) is 0.513. The van der Waals surface area contributed by atoms with Crippen LogP contribution >= 0.6 is 0 Å². The molecule has 0 radical (unpaired) electrons. The van der Waals surface area contributed by atoms with Crippen molar-refractivity contribution in [3.8, 4) is 11.5 Å². The molecule has 1 saturated heterocycles. The molecule has 1 fully saturated rings. The fraction of sp³-hybridized carbons (Fsp3) is 0.320. The molecule has 2 aliphatic rings. The van der Waals surface area contributed by atoms with E-state index >= 15 is 0 Å². The first-order valence-electron chi connectivity index (χ1n) is 10.3.